The Bertz CT molecular complexity index is 515. The molecule has 2 N–H and O–H groups in total. The van der Waals surface area contributed by atoms with Crippen LogP contribution in [0.25, 0.3) is 0 Å². The highest BCUT2D eigenvalue weighted by Crippen LogP contribution is 2.15. The van der Waals surface area contributed by atoms with Crippen LogP contribution in [0.3, 0.4) is 0 Å². The second kappa shape index (κ2) is 5.48. The summed E-state index contributed by atoms with van der Waals surface area (Å²) in [5, 5.41) is 9.06. The van der Waals surface area contributed by atoms with Gasteiger partial charge in [-0.25, -0.2) is 8.42 Å². The highest BCUT2D eigenvalue weighted by Gasteiger charge is 2.23. The van der Waals surface area contributed by atoms with Crippen LogP contribution in [-0.2, 0) is 14.8 Å². The first-order chi connectivity index (χ1) is 7.86. The summed E-state index contributed by atoms with van der Waals surface area (Å²) in [6, 6.07) is 4.49. The van der Waals surface area contributed by atoms with Crippen LogP contribution in [0.1, 0.15) is 13.3 Å². The number of aliphatic carboxylic acids is 1. The monoisotopic (exact) mass is 277 g/mol. The maximum absolute atomic E-state index is 11.8. The Morgan fingerprint density at radius 3 is 2.65 bits per heavy atom. The molecule has 1 aromatic carbocycles. The fourth-order valence-electron chi connectivity index (χ4n) is 1.20. The zero-order valence-electron chi connectivity index (χ0n) is 9.05. The number of nitrogens with one attached hydrogen (secondary N) is 1. The lowest BCUT2D eigenvalue weighted by atomic mass is 10.2. The smallest absolute Gasteiger partial charge is 0.321 e. The molecule has 17 heavy (non-hydrogen) atoms. The summed E-state index contributed by atoms with van der Waals surface area (Å²) in [5.74, 6) is -1.21. The van der Waals surface area contributed by atoms with Crippen molar-refractivity contribution in [3.63, 3.8) is 0 Å². The van der Waals surface area contributed by atoms with Gasteiger partial charge in [0, 0.05) is 5.02 Å². The fraction of sp³-hybridized carbons (Fsp3) is 0.300. The zero-order chi connectivity index (χ0) is 13.1. The van der Waals surface area contributed by atoms with Crippen LogP contribution in [0, 0.1) is 0 Å². The number of carbonyl (C=O) groups is 1. The van der Waals surface area contributed by atoms with Gasteiger partial charge in [0.25, 0.3) is 0 Å². The van der Waals surface area contributed by atoms with Crippen molar-refractivity contribution in [3.05, 3.63) is 29.3 Å². The van der Waals surface area contributed by atoms with Gasteiger partial charge in [-0.05, 0) is 24.6 Å². The average Bonchev–Trinajstić information content (AvgIpc) is 2.25. The van der Waals surface area contributed by atoms with Gasteiger partial charge < -0.3 is 5.11 Å². The molecule has 0 radical (unpaired) electrons. The van der Waals surface area contributed by atoms with Crippen molar-refractivity contribution in [1.82, 2.24) is 4.72 Å². The Morgan fingerprint density at radius 2 is 2.18 bits per heavy atom. The molecular formula is C10H12ClNO4S. The second-order valence-corrected chi connectivity index (χ2v) is 5.53. The van der Waals surface area contributed by atoms with E-state index in [1.807, 2.05) is 0 Å². The molecular weight excluding hydrogens is 266 g/mol. The minimum Gasteiger partial charge on any atom is -0.480 e. The largest absolute Gasteiger partial charge is 0.480 e. The van der Waals surface area contributed by atoms with E-state index >= 15 is 0 Å². The van der Waals surface area contributed by atoms with Crippen LogP contribution in [0.15, 0.2) is 29.2 Å². The molecule has 0 fully saturated rings. The first-order valence-electron chi connectivity index (χ1n) is 4.87. The number of rotatable bonds is 5. The predicted octanol–water partition coefficient (Wildman–Crippen LogP) is 1.48. The molecule has 0 heterocycles. The molecule has 0 amide bonds. The third-order valence-corrected chi connectivity index (χ3v) is 3.81. The van der Waals surface area contributed by atoms with E-state index in [1.165, 1.54) is 24.3 Å². The maximum Gasteiger partial charge on any atom is 0.321 e. The van der Waals surface area contributed by atoms with E-state index < -0.39 is 22.0 Å². The molecule has 1 aromatic rings. The standard InChI is InChI=1S/C10H12ClNO4S/c1-2-9(10(13)14)12-17(15,16)8-5-3-4-7(11)6-8/h3-6,9,12H,2H2,1H3,(H,13,14). The van der Waals surface area contributed by atoms with Crippen molar-refractivity contribution in [2.24, 2.45) is 0 Å². The molecule has 0 aliphatic carbocycles. The topological polar surface area (TPSA) is 83.5 Å². The summed E-state index contributed by atoms with van der Waals surface area (Å²) in [4.78, 5) is 10.7. The number of hydrogen-bond acceptors (Lipinski definition) is 3. The average molecular weight is 278 g/mol. The van der Waals surface area contributed by atoms with E-state index in [4.69, 9.17) is 16.7 Å². The van der Waals surface area contributed by atoms with Crippen LogP contribution in [0.5, 0.6) is 0 Å². The van der Waals surface area contributed by atoms with Crippen LogP contribution in [0.4, 0.5) is 0 Å². The highest BCUT2D eigenvalue weighted by molar-refractivity contribution is 7.89. The molecule has 0 aliphatic heterocycles. The van der Waals surface area contributed by atoms with Gasteiger partial charge in [0.1, 0.15) is 6.04 Å². The molecule has 0 saturated heterocycles. The number of hydrogen-bond donors (Lipinski definition) is 2. The quantitative estimate of drug-likeness (QED) is 0.854. The number of carboxylic acid groups (broad SMARTS) is 1. The van der Waals surface area contributed by atoms with Gasteiger partial charge in [0.15, 0.2) is 0 Å². The van der Waals surface area contributed by atoms with Gasteiger partial charge in [-0.1, -0.05) is 24.6 Å². The lowest BCUT2D eigenvalue weighted by Gasteiger charge is -2.12. The zero-order valence-corrected chi connectivity index (χ0v) is 10.6. The van der Waals surface area contributed by atoms with Crippen molar-refractivity contribution < 1.29 is 18.3 Å². The Balaban J connectivity index is 3.00. The number of carboxylic acids is 1. The van der Waals surface area contributed by atoms with Gasteiger partial charge in [-0.2, -0.15) is 4.72 Å². The molecule has 0 spiro atoms. The second-order valence-electron chi connectivity index (χ2n) is 3.38. The van der Waals surface area contributed by atoms with Gasteiger partial charge >= 0.3 is 5.97 Å². The van der Waals surface area contributed by atoms with Crippen molar-refractivity contribution in [2.75, 3.05) is 0 Å². The number of halogens is 1. The summed E-state index contributed by atoms with van der Waals surface area (Å²) >= 11 is 5.68. The van der Waals surface area contributed by atoms with Crippen LogP contribution < -0.4 is 4.72 Å². The van der Waals surface area contributed by atoms with E-state index in [-0.39, 0.29) is 16.3 Å². The Kier molecular flexibility index (Phi) is 4.50. The van der Waals surface area contributed by atoms with Crippen LogP contribution in [-0.4, -0.2) is 25.5 Å². The van der Waals surface area contributed by atoms with Crippen molar-refractivity contribution >= 4 is 27.6 Å². The summed E-state index contributed by atoms with van der Waals surface area (Å²) in [5.41, 5.74) is 0. The molecule has 0 bridgehead atoms. The van der Waals surface area contributed by atoms with Crippen molar-refractivity contribution in [1.29, 1.82) is 0 Å². The maximum atomic E-state index is 11.8. The van der Waals surface area contributed by atoms with Gasteiger partial charge in [0.05, 0.1) is 4.90 Å². The Hall–Kier alpha value is -1.11. The predicted molar refractivity (Wildman–Crippen MR) is 63.5 cm³/mol. The third-order valence-electron chi connectivity index (χ3n) is 2.11. The third kappa shape index (κ3) is 3.69. The van der Waals surface area contributed by atoms with Crippen LogP contribution >= 0.6 is 11.6 Å². The molecule has 94 valence electrons. The molecule has 0 aliphatic rings. The van der Waals surface area contributed by atoms with Gasteiger partial charge in [0.2, 0.25) is 10.0 Å². The minimum atomic E-state index is -3.85. The van der Waals surface area contributed by atoms with Gasteiger partial charge in [-0.3, -0.25) is 4.79 Å². The highest BCUT2D eigenvalue weighted by atomic mass is 35.5. The first-order valence-corrected chi connectivity index (χ1v) is 6.73. The molecule has 7 heteroatoms. The molecule has 0 saturated carbocycles. The van der Waals surface area contributed by atoms with E-state index in [2.05, 4.69) is 4.72 Å². The lowest BCUT2D eigenvalue weighted by Crippen LogP contribution is -2.40. The summed E-state index contributed by atoms with van der Waals surface area (Å²) in [6.07, 6.45) is 0.162. The SMILES string of the molecule is CCC(NS(=O)(=O)c1cccc(Cl)c1)C(=O)O. The lowest BCUT2D eigenvalue weighted by molar-refractivity contribution is -0.139. The molecule has 5 nitrogen and oxygen atoms in total. The number of benzene rings is 1. The normalized spacial score (nSPS) is 13.3. The molecule has 0 aromatic heterocycles. The number of sulfonamides is 1. The minimum absolute atomic E-state index is 0.0512. The van der Waals surface area contributed by atoms with Crippen LogP contribution in [0.2, 0.25) is 5.02 Å². The van der Waals surface area contributed by atoms with E-state index in [9.17, 15) is 13.2 Å². The molecule has 1 atom stereocenters. The Labute approximate surface area is 104 Å². The van der Waals surface area contributed by atoms with Crippen molar-refractivity contribution in [3.8, 4) is 0 Å². The fourth-order valence-corrected chi connectivity index (χ4v) is 2.77. The molecule has 1 unspecified atom stereocenters. The molecule has 1 rings (SSSR count). The van der Waals surface area contributed by atoms with Crippen molar-refractivity contribution in [2.45, 2.75) is 24.3 Å². The summed E-state index contributed by atoms with van der Waals surface area (Å²) in [7, 11) is -3.85. The summed E-state index contributed by atoms with van der Waals surface area (Å²) < 4.78 is 25.8. The first kappa shape index (κ1) is 14.0. The van der Waals surface area contributed by atoms with E-state index in [0.29, 0.717) is 0 Å². The van der Waals surface area contributed by atoms with E-state index in [1.54, 1.807) is 6.92 Å². The van der Waals surface area contributed by atoms with Gasteiger partial charge in [-0.15, -0.1) is 0 Å². The Morgan fingerprint density at radius 1 is 1.53 bits per heavy atom. The summed E-state index contributed by atoms with van der Waals surface area (Å²) in [6.45, 7) is 1.58. The van der Waals surface area contributed by atoms with E-state index in [0.717, 1.165) is 0 Å².